The summed E-state index contributed by atoms with van der Waals surface area (Å²) in [4.78, 5) is 12.9. The Morgan fingerprint density at radius 3 is 2.31 bits per heavy atom. The number of rotatable bonds is 11. The Hall–Kier alpha value is -2.73. The number of amides is 1. The molecule has 36 heavy (non-hydrogen) atoms. The number of thioether (sulfide) groups is 1. The van der Waals surface area contributed by atoms with Crippen LogP contribution in [0.25, 0.3) is 10.8 Å². The Kier molecular flexibility index (Phi) is 9.29. The van der Waals surface area contributed by atoms with Crippen LogP contribution in [0.3, 0.4) is 0 Å². The van der Waals surface area contributed by atoms with E-state index in [-0.39, 0.29) is 34.6 Å². The van der Waals surface area contributed by atoms with Crippen molar-refractivity contribution in [3.63, 3.8) is 0 Å². The van der Waals surface area contributed by atoms with Gasteiger partial charge in [0.2, 0.25) is 5.91 Å². The second-order valence-electron chi connectivity index (χ2n) is 9.05. The minimum absolute atomic E-state index is 0.00208. The number of hydrogen-bond acceptors (Lipinski definition) is 7. The van der Waals surface area contributed by atoms with Gasteiger partial charge in [0.15, 0.2) is 0 Å². The summed E-state index contributed by atoms with van der Waals surface area (Å²) in [5.41, 5.74) is 1.26. The summed E-state index contributed by atoms with van der Waals surface area (Å²) in [5.74, 6) is -0.653. The zero-order valence-corrected chi connectivity index (χ0v) is 22.1. The molecule has 0 aromatic heterocycles. The van der Waals surface area contributed by atoms with Crippen molar-refractivity contribution >= 4 is 51.3 Å². The third kappa shape index (κ3) is 7.16. The van der Waals surface area contributed by atoms with Crippen LogP contribution in [0.2, 0.25) is 0 Å². The topological polar surface area (TPSA) is 136 Å². The van der Waals surface area contributed by atoms with Gasteiger partial charge in [-0.15, -0.1) is 11.8 Å². The quantitative estimate of drug-likeness (QED) is 0.145. The summed E-state index contributed by atoms with van der Waals surface area (Å²) in [6.07, 6.45) is 0.495. The molecule has 0 fully saturated rings. The largest absolute Gasteiger partial charge is 0.506 e. The van der Waals surface area contributed by atoms with Crippen LogP contribution in [0.4, 0.5) is 5.69 Å². The van der Waals surface area contributed by atoms with Crippen LogP contribution in [0, 0.1) is 12.8 Å². The number of hydrogen-bond donors (Lipinski definition) is 5. The Morgan fingerprint density at radius 2 is 1.69 bits per heavy atom. The van der Waals surface area contributed by atoms with E-state index in [2.05, 4.69) is 10.0 Å². The summed E-state index contributed by atoms with van der Waals surface area (Å²) >= 11 is 1.21. The van der Waals surface area contributed by atoms with Crippen LogP contribution in [0.5, 0.6) is 5.75 Å². The third-order valence-electron chi connectivity index (χ3n) is 5.58. The van der Waals surface area contributed by atoms with Crippen molar-refractivity contribution in [2.75, 3.05) is 10.5 Å². The highest BCUT2D eigenvalue weighted by Gasteiger charge is 2.26. The average Bonchev–Trinajstić information content (AvgIpc) is 2.81. The number of anilines is 1. The molecule has 192 valence electrons. The number of fused-ring (bicyclic) bond motifs is 1. The van der Waals surface area contributed by atoms with Gasteiger partial charge < -0.3 is 20.5 Å². The van der Waals surface area contributed by atoms with E-state index in [1.54, 1.807) is 42.5 Å². The number of carbonyl (C=O) groups is 1. The van der Waals surface area contributed by atoms with Gasteiger partial charge in [-0.25, -0.2) is 8.42 Å². The number of carbonyl (C=O) groups excluding carboxylic acids is 1. The zero-order chi connectivity index (χ0) is 26.5. The lowest BCUT2D eigenvalue weighted by Gasteiger charge is -2.19. The molecule has 5 N–H and O–H groups in total. The molecule has 8 nitrogen and oxygen atoms in total. The summed E-state index contributed by atoms with van der Waals surface area (Å²) in [6.45, 7) is 5.71. The normalized spacial score (nSPS) is 12.5. The van der Waals surface area contributed by atoms with Gasteiger partial charge in [0, 0.05) is 22.9 Å². The lowest BCUT2D eigenvalue weighted by atomic mass is 9.75. The Balaban J connectivity index is 1.79. The molecule has 0 aliphatic heterocycles. The van der Waals surface area contributed by atoms with Gasteiger partial charge >= 0.3 is 7.12 Å². The smallest absolute Gasteiger partial charge is 0.475 e. The lowest BCUT2D eigenvalue weighted by molar-refractivity contribution is -0.121. The van der Waals surface area contributed by atoms with E-state index >= 15 is 0 Å². The van der Waals surface area contributed by atoms with Crippen LogP contribution in [-0.4, -0.2) is 48.3 Å². The van der Waals surface area contributed by atoms with Crippen LogP contribution in [-0.2, 0) is 14.8 Å². The second-order valence-corrected chi connectivity index (χ2v) is 11.9. The van der Waals surface area contributed by atoms with E-state index in [0.717, 1.165) is 5.56 Å². The van der Waals surface area contributed by atoms with E-state index in [9.17, 15) is 28.4 Å². The van der Waals surface area contributed by atoms with E-state index < -0.39 is 23.1 Å². The molecule has 1 amide bonds. The van der Waals surface area contributed by atoms with Crippen LogP contribution >= 0.6 is 11.8 Å². The van der Waals surface area contributed by atoms with Gasteiger partial charge in [0.05, 0.1) is 21.4 Å². The molecule has 3 aromatic rings. The summed E-state index contributed by atoms with van der Waals surface area (Å²) in [5, 5.41) is 33.5. The monoisotopic (exact) mass is 530 g/mol. The molecule has 3 aromatic carbocycles. The molecular weight excluding hydrogens is 499 g/mol. The first-order valence-corrected chi connectivity index (χ1v) is 14.1. The maximum absolute atomic E-state index is 13.0. The number of benzene rings is 3. The van der Waals surface area contributed by atoms with Crippen molar-refractivity contribution in [2.45, 2.75) is 49.3 Å². The minimum atomic E-state index is -3.87. The highest BCUT2D eigenvalue weighted by atomic mass is 32.2. The van der Waals surface area contributed by atoms with Crippen molar-refractivity contribution in [2.24, 2.45) is 5.92 Å². The summed E-state index contributed by atoms with van der Waals surface area (Å²) < 4.78 is 28.7. The van der Waals surface area contributed by atoms with Gasteiger partial charge in [-0.3, -0.25) is 9.52 Å². The van der Waals surface area contributed by atoms with E-state index in [4.69, 9.17) is 0 Å². The maximum atomic E-state index is 13.0. The number of phenols is 1. The molecule has 3 rings (SSSR count). The number of aromatic hydroxyl groups is 1. The number of sulfonamides is 1. The molecular formula is C25H31BN2O6S2. The molecule has 0 unspecified atom stereocenters. The Labute approximate surface area is 216 Å². The van der Waals surface area contributed by atoms with Crippen molar-refractivity contribution in [1.82, 2.24) is 5.32 Å². The van der Waals surface area contributed by atoms with Crippen LogP contribution in [0.15, 0.2) is 64.4 Å². The molecule has 0 aliphatic carbocycles. The van der Waals surface area contributed by atoms with Crippen molar-refractivity contribution in [3.8, 4) is 5.75 Å². The standard InChI is InChI=1S/C25H31BN2O6S2/c1-16(2)14-23(26(31)32)27-24(29)12-13-35-22-15-21(19-6-4-5-7-20(19)25(22)30)28-36(33,34)18-10-8-17(3)9-11-18/h4-11,15-16,23,28,30-32H,12-14H2,1-3H3,(H,27,29)/t23-/m0/s1. The molecule has 11 heteroatoms. The van der Waals surface area contributed by atoms with E-state index in [1.807, 2.05) is 20.8 Å². The Morgan fingerprint density at radius 1 is 1.06 bits per heavy atom. The first-order chi connectivity index (χ1) is 17.0. The predicted octanol–water partition coefficient (Wildman–Crippen LogP) is 3.68. The van der Waals surface area contributed by atoms with E-state index in [1.165, 1.54) is 23.9 Å². The molecule has 0 spiro atoms. The van der Waals surface area contributed by atoms with Crippen LogP contribution in [0.1, 0.15) is 32.3 Å². The molecule has 0 heterocycles. The van der Waals surface area contributed by atoms with Gasteiger partial charge in [-0.05, 0) is 37.5 Å². The summed E-state index contributed by atoms with van der Waals surface area (Å²) in [7, 11) is -5.52. The average molecular weight is 530 g/mol. The fraction of sp³-hybridized carbons (Fsp3) is 0.320. The third-order valence-corrected chi connectivity index (χ3v) is 7.99. The van der Waals surface area contributed by atoms with Gasteiger partial charge in [0.25, 0.3) is 10.0 Å². The fourth-order valence-corrected chi connectivity index (χ4v) is 5.77. The van der Waals surface area contributed by atoms with Crippen molar-refractivity contribution in [3.05, 3.63) is 60.2 Å². The lowest BCUT2D eigenvalue weighted by Crippen LogP contribution is -2.47. The molecule has 0 radical (unpaired) electrons. The SMILES string of the molecule is Cc1ccc(S(=O)(=O)Nc2cc(SCCC(=O)N[C@@H](CC(C)C)B(O)O)c(O)c3ccccc23)cc1. The highest BCUT2D eigenvalue weighted by molar-refractivity contribution is 7.99. The first-order valence-electron chi connectivity index (χ1n) is 11.6. The molecule has 1 atom stereocenters. The summed E-state index contributed by atoms with van der Waals surface area (Å²) in [6, 6.07) is 15.0. The highest BCUT2D eigenvalue weighted by Crippen LogP contribution is 2.40. The van der Waals surface area contributed by atoms with Gasteiger partial charge in [-0.2, -0.15) is 0 Å². The molecule has 0 saturated heterocycles. The maximum Gasteiger partial charge on any atom is 0.475 e. The first kappa shape index (κ1) is 27.9. The van der Waals surface area contributed by atoms with Crippen molar-refractivity contribution < 1.29 is 28.4 Å². The zero-order valence-electron chi connectivity index (χ0n) is 20.4. The Bertz CT molecular complexity index is 1310. The van der Waals surface area contributed by atoms with E-state index in [0.29, 0.717) is 27.8 Å². The van der Waals surface area contributed by atoms with Crippen molar-refractivity contribution in [1.29, 1.82) is 0 Å². The van der Waals surface area contributed by atoms with Gasteiger partial charge in [0.1, 0.15) is 5.75 Å². The predicted molar refractivity (Wildman–Crippen MR) is 145 cm³/mol. The molecule has 0 saturated carbocycles. The number of aryl methyl sites for hydroxylation is 1. The fourth-order valence-electron chi connectivity index (χ4n) is 3.75. The second kappa shape index (κ2) is 12.0. The van der Waals surface area contributed by atoms with Crippen LogP contribution < -0.4 is 10.0 Å². The molecule has 0 aliphatic rings. The van der Waals surface area contributed by atoms with Gasteiger partial charge in [-0.1, -0.05) is 55.8 Å². The number of nitrogens with one attached hydrogen (secondary N) is 2. The minimum Gasteiger partial charge on any atom is -0.506 e. The number of phenolic OH excluding ortho intramolecular Hbond substituents is 1. The molecule has 0 bridgehead atoms.